The van der Waals surface area contributed by atoms with Gasteiger partial charge in [-0.05, 0) is 18.9 Å². The number of carbonyl (C=O) groups is 2. The van der Waals surface area contributed by atoms with Crippen molar-refractivity contribution in [3.8, 4) is 0 Å². The standard InChI is InChI=1S/C14H20N2O3/c1-2-19-13(17)9-11-16-14(18)15-10-8-12-6-4-3-5-7-12/h3-7H,2,8-11H2,1H3,(H2,15,16,18). The Balaban J connectivity index is 2.07. The third-order valence-electron chi connectivity index (χ3n) is 2.46. The predicted molar refractivity (Wildman–Crippen MR) is 72.8 cm³/mol. The Morgan fingerprint density at radius 3 is 2.47 bits per heavy atom. The molecule has 0 radical (unpaired) electrons. The van der Waals surface area contributed by atoms with E-state index in [1.165, 1.54) is 5.56 Å². The number of urea groups is 1. The summed E-state index contributed by atoms with van der Waals surface area (Å²) in [6.07, 6.45) is 0.978. The lowest BCUT2D eigenvalue weighted by molar-refractivity contribution is -0.142. The third-order valence-corrected chi connectivity index (χ3v) is 2.46. The molecule has 0 atom stereocenters. The van der Waals surface area contributed by atoms with Crippen LogP contribution in [0.4, 0.5) is 4.79 Å². The maximum atomic E-state index is 11.4. The molecule has 0 fully saturated rings. The first-order valence-electron chi connectivity index (χ1n) is 6.43. The van der Waals surface area contributed by atoms with Crippen LogP contribution in [0.1, 0.15) is 18.9 Å². The minimum absolute atomic E-state index is 0.194. The Hall–Kier alpha value is -2.04. The molecule has 0 bridgehead atoms. The molecule has 1 rings (SSSR count). The first-order valence-corrected chi connectivity index (χ1v) is 6.43. The smallest absolute Gasteiger partial charge is 0.314 e. The number of hydrogen-bond acceptors (Lipinski definition) is 3. The summed E-state index contributed by atoms with van der Waals surface area (Å²) in [5.74, 6) is -0.299. The molecular formula is C14H20N2O3. The molecule has 0 aromatic heterocycles. The number of rotatable bonds is 7. The summed E-state index contributed by atoms with van der Waals surface area (Å²) in [4.78, 5) is 22.4. The molecule has 19 heavy (non-hydrogen) atoms. The quantitative estimate of drug-likeness (QED) is 0.733. The zero-order valence-electron chi connectivity index (χ0n) is 11.1. The van der Waals surface area contributed by atoms with Gasteiger partial charge in [0.2, 0.25) is 0 Å². The molecule has 0 saturated carbocycles. The van der Waals surface area contributed by atoms with Gasteiger partial charge in [-0.15, -0.1) is 0 Å². The summed E-state index contributed by atoms with van der Waals surface area (Å²) >= 11 is 0. The van der Waals surface area contributed by atoms with E-state index in [1.807, 2.05) is 30.3 Å². The van der Waals surface area contributed by atoms with Crippen molar-refractivity contribution in [2.75, 3.05) is 19.7 Å². The molecule has 5 heteroatoms. The summed E-state index contributed by atoms with van der Waals surface area (Å²) in [5.41, 5.74) is 1.18. The lowest BCUT2D eigenvalue weighted by Gasteiger charge is -2.07. The third kappa shape index (κ3) is 7.08. The summed E-state index contributed by atoms with van der Waals surface area (Å²) in [7, 11) is 0. The van der Waals surface area contributed by atoms with Crippen LogP contribution in [0.15, 0.2) is 30.3 Å². The Bertz CT molecular complexity index is 393. The molecule has 5 nitrogen and oxygen atoms in total. The van der Waals surface area contributed by atoms with E-state index in [0.717, 1.165) is 6.42 Å². The van der Waals surface area contributed by atoms with E-state index in [-0.39, 0.29) is 25.0 Å². The van der Waals surface area contributed by atoms with Gasteiger partial charge < -0.3 is 15.4 Å². The van der Waals surface area contributed by atoms with Crippen molar-refractivity contribution in [2.24, 2.45) is 0 Å². The Morgan fingerprint density at radius 2 is 1.79 bits per heavy atom. The van der Waals surface area contributed by atoms with Gasteiger partial charge in [-0.25, -0.2) is 4.79 Å². The average Bonchev–Trinajstić information content (AvgIpc) is 2.40. The normalized spacial score (nSPS) is 9.74. The lowest BCUT2D eigenvalue weighted by atomic mass is 10.1. The number of esters is 1. The lowest BCUT2D eigenvalue weighted by Crippen LogP contribution is -2.37. The van der Waals surface area contributed by atoms with Crippen LogP contribution >= 0.6 is 0 Å². The molecule has 0 saturated heterocycles. The molecule has 1 aromatic rings. The first kappa shape index (κ1) is 15.0. The highest BCUT2D eigenvalue weighted by molar-refractivity contribution is 5.75. The van der Waals surface area contributed by atoms with Gasteiger partial charge in [-0.2, -0.15) is 0 Å². The van der Waals surface area contributed by atoms with Gasteiger partial charge in [0, 0.05) is 13.1 Å². The first-order chi connectivity index (χ1) is 9.22. The van der Waals surface area contributed by atoms with Crippen LogP contribution in [-0.2, 0) is 16.0 Å². The Labute approximate surface area is 113 Å². The second-order valence-corrected chi connectivity index (χ2v) is 3.97. The number of carbonyl (C=O) groups excluding carboxylic acids is 2. The number of ether oxygens (including phenoxy) is 1. The van der Waals surface area contributed by atoms with E-state index in [4.69, 9.17) is 4.74 Å². The molecule has 0 aliphatic rings. The zero-order valence-corrected chi connectivity index (χ0v) is 11.1. The topological polar surface area (TPSA) is 67.4 Å². The number of benzene rings is 1. The van der Waals surface area contributed by atoms with Crippen molar-refractivity contribution in [3.63, 3.8) is 0 Å². The molecule has 0 heterocycles. The van der Waals surface area contributed by atoms with Crippen LogP contribution in [0.2, 0.25) is 0 Å². The van der Waals surface area contributed by atoms with Crippen LogP contribution in [0.25, 0.3) is 0 Å². The summed E-state index contributed by atoms with van der Waals surface area (Å²) in [6, 6.07) is 9.66. The van der Waals surface area contributed by atoms with Crippen LogP contribution in [0.5, 0.6) is 0 Å². The van der Waals surface area contributed by atoms with Crippen LogP contribution < -0.4 is 10.6 Å². The maximum absolute atomic E-state index is 11.4. The van der Waals surface area contributed by atoms with Gasteiger partial charge >= 0.3 is 12.0 Å². The fourth-order valence-corrected chi connectivity index (χ4v) is 1.54. The van der Waals surface area contributed by atoms with Gasteiger partial charge in [0.1, 0.15) is 0 Å². The van der Waals surface area contributed by atoms with E-state index in [1.54, 1.807) is 6.92 Å². The van der Waals surface area contributed by atoms with Crippen molar-refractivity contribution in [3.05, 3.63) is 35.9 Å². The highest BCUT2D eigenvalue weighted by Gasteiger charge is 2.03. The average molecular weight is 264 g/mol. The molecule has 2 N–H and O–H groups in total. The number of hydrogen-bond donors (Lipinski definition) is 2. The van der Waals surface area contributed by atoms with Crippen molar-refractivity contribution in [1.29, 1.82) is 0 Å². The highest BCUT2D eigenvalue weighted by atomic mass is 16.5. The SMILES string of the molecule is CCOC(=O)CCNC(=O)NCCc1ccccc1. The summed E-state index contributed by atoms with van der Waals surface area (Å²) in [5, 5.41) is 5.34. The van der Waals surface area contributed by atoms with E-state index < -0.39 is 0 Å². The number of amides is 2. The predicted octanol–water partition coefficient (Wildman–Crippen LogP) is 1.48. The second kappa shape index (κ2) is 8.97. The van der Waals surface area contributed by atoms with E-state index >= 15 is 0 Å². The highest BCUT2D eigenvalue weighted by Crippen LogP contribution is 1.97. The van der Waals surface area contributed by atoms with Crippen molar-refractivity contribution >= 4 is 12.0 Å². The van der Waals surface area contributed by atoms with Gasteiger partial charge in [0.15, 0.2) is 0 Å². The van der Waals surface area contributed by atoms with E-state index in [9.17, 15) is 9.59 Å². The molecule has 104 valence electrons. The minimum Gasteiger partial charge on any atom is -0.466 e. The van der Waals surface area contributed by atoms with Crippen LogP contribution in [-0.4, -0.2) is 31.7 Å². The van der Waals surface area contributed by atoms with Gasteiger partial charge in [0.25, 0.3) is 0 Å². The fourth-order valence-electron chi connectivity index (χ4n) is 1.54. The van der Waals surface area contributed by atoms with Crippen molar-refractivity contribution < 1.29 is 14.3 Å². The van der Waals surface area contributed by atoms with Crippen LogP contribution in [0.3, 0.4) is 0 Å². The van der Waals surface area contributed by atoms with Gasteiger partial charge in [-0.1, -0.05) is 30.3 Å². The molecule has 0 spiro atoms. The minimum atomic E-state index is -0.299. The van der Waals surface area contributed by atoms with Crippen LogP contribution in [0, 0.1) is 0 Å². The van der Waals surface area contributed by atoms with E-state index in [0.29, 0.717) is 13.2 Å². The van der Waals surface area contributed by atoms with Crippen molar-refractivity contribution in [2.45, 2.75) is 19.8 Å². The maximum Gasteiger partial charge on any atom is 0.314 e. The molecule has 1 aromatic carbocycles. The summed E-state index contributed by atoms with van der Waals surface area (Å²) < 4.78 is 4.75. The Kier molecular flexibility index (Phi) is 7.09. The molecular weight excluding hydrogens is 244 g/mol. The summed E-state index contributed by atoms with van der Waals surface area (Å²) in [6.45, 7) is 2.97. The van der Waals surface area contributed by atoms with Gasteiger partial charge in [0.05, 0.1) is 13.0 Å². The van der Waals surface area contributed by atoms with E-state index in [2.05, 4.69) is 10.6 Å². The van der Waals surface area contributed by atoms with Crippen molar-refractivity contribution in [1.82, 2.24) is 10.6 Å². The second-order valence-electron chi connectivity index (χ2n) is 3.97. The molecule has 0 unspecified atom stereocenters. The number of nitrogens with one attached hydrogen (secondary N) is 2. The monoisotopic (exact) mass is 264 g/mol. The fraction of sp³-hybridized carbons (Fsp3) is 0.429. The largest absolute Gasteiger partial charge is 0.466 e. The molecule has 2 amide bonds. The molecule has 0 aliphatic carbocycles. The Morgan fingerprint density at radius 1 is 1.11 bits per heavy atom. The zero-order chi connectivity index (χ0) is 13.9. The molecule has 0 aliphatic heterocycles. The van der Waals surface area contributed by atoms with Gasteiger partial charge in [-0.3, -0.25) is 4.79 Å².